The molecule has 1 saturated heterocycles. The van der Waals surface area contributed by atoms with Crippen LogP contribution >= 0.6 is 0 Å². The van der Waals surface area contributed by atoms with Crippen molar-refractivity contribution in [2.24, 2.45) is 0 Å². The van der Waals surface area contributed by atoms with E-state index in [-0.39, 0.29) is 17.3 Å². The van der Waals surface area contributed by atoms with Gasteiger partial charge >= 0.3 is 0 Å². The largest absolute Gasteiger partial charge is 0.489 e. The van der Waals surface area contributed by atoms with E-state index >= 15 is 0 Å². The molecule has 3 aromatic carbocycles. The maximum absolute atomic E-state index is 13.2. The number of carbonyl (C=O) groups excluding carboxylic acids is 1. The molecule has 0 spiro atoms. The molecule has 0 unspecified atom stereocenters. The number of halogens is 1. The van der Waals surface area contributed by atoms with Gasteiger partial charge < -0.3 is 19.1 Å². The van der Waals surface area contributed by atoms with E-state index in [1.54, 1.807) is 23.1 Å². The number of ether oxygens (including phenoxy) is 1. The van der Waals surface area contributed by atoms with Crippen LogP contribution in [0.25, 0.3) is 11.8 Å². The lowest BCUT2D eigenvalue weighted by molar-refractivity contribution is -0.126. The van der Waals surface area contributed by atoms with E-state index < -0.39 is 0 Å². The third-order valence-corrected chi connectivity index (χ3v) is 7.22. The molecule has 1 aliphatic heterocycles. The zero-order chi connectivity index (χ0) is 28.1. The topological polar surface area (TPSA) is 61.5 Å². The molecule has 202 valence electrons. The van der Waals surface area contributed by atoms with Crippen LogP contribution in [0.15, 0.2) is 90.5 Å². The number of aryl methyl sites for hydroxylation is 1. The number of aromatic nitrogens is 1. The molecule has 1 aromatic heterocycles. The predicted octanol–water partition coefficient (Wildman–Crippen LogP) is 6.07. The number of hydrogen-bond acceptors (Lipinski definition) is 4. The summed E-state index contributed by atoms with van der Waals surface area (Å²) in [6, 6.07) is 28.3. The molecule has 6 nitrogen and oxygen atoms in total. The molecule has 40 heavy (non-hydrogen) atoms. The second kappa shape index (κ2) is 11.9. The standard InChI is InChI=1S/C33H31FN4O2/c1-24-20-27(21-28(22-35)33(39)37-18-16-36(17-19-37)30-6-4-3-5-7-30)25(2)38(24)31-12-14-32(15-13-31)40-23-26-8-10-29(34)11-9-26/h3-15,20-21H,16-19,23H2,1-2H3/b28-21-. The summed E-state index contributed by atoms with van der Waals surface area (Å²) in [5.74, 6) is 0.204. The van der Waals surface area contributed by atoms with E-state index in [1.807, 2.05) is 62.4 Å². The van der Waals surface area contributed by atoms with Crippen LogP contribution in [-0.4, -0.2) is 41.6 Å². The van der Waals surface area contributed by atoms with Gasteiger partial charge in [-0.2, -0.15) is 5.26 Å². The van der Waals surface area contributed by atoms with Crippen molar-refractivity contribution in [1.82, 2.24) is 9.47 Å². The summed E-state index contributed by atoms with van der Waals surface area (Å²) in [4.78, 5) is 17.3. The Labute approximate surface area is 234 Å². The maximum Gasteiger partial charge on any atom is 0.264 e. The van der Waals surface area contributed by atoms with Crippen LogP contribution in [-0.2, 0) is 11.4 Å². The number of rotatable bonds is 7. The van der Waals surface area contributed by atoms with Gasteiger partial charge in [-0.1, -0.05) is 30.3 Å². The molecule has 0 aliphatic carbocycles. The van der Waals surface area contributed by atoms with Crippen molar-refractivity contribution in [3.8, 4) is 17.5 Å². The van der Waals surface area contributed by atoms with Crippen LogP contribution in [0.5, 0.6) is 5.75 Å². The van der Waals surface area contributed by atoms with Crippen LogP contribution in [0.2, 0.25) is 0 Å². The van der Waals surface area contributed by atoms with Crippen molar-refractivity contribution >= 4 is 17.7 Å². The maximum atomic E-state index is 13.2. The van der Waals surface area contributed by atoms with Crippen LogP contribution in [0.3, 0.4) is 0 Å². The van der Waals surface area contributed by atoms with E-state index in [2.05, 4.69) is 27.7 Å². The molecule has 1 aliphatic rings. The third-order valence-electron chi connectivity index (χ3n) is 7.22. The highest BCUT2D eigenvalue weighted by Crippen LogP contribution is 2.25. The van der Waals surface area contributed by atoms with Gasteiger partial charge in [0.25, 0.3) is 5.91 Å². The molecule has 0 radical (unpaired) electrons. The molecule has 0 N–H and O–H groups in total. The quantitative estimate of drug-likeness (QED) is 0.213. The van der Waals surface area contributed by atoms with E-state index in [4.69, 9.17) is 4.74 Å². The van der Waals surface area contributed by atoms with E-state index in [0.717, 1.165) is 47.0 Å². The average molecular weight is 535 g/mol. The molecule has 2 heterocycles. The van der Waals surface area contributed by atoms with Crippen LogP contribution in [0, 0.1) is 31.0 Å². The minimum atomic E-state index is -0.271. The van der Waals surface area contributed by atoms with Gasteiger partial charge in [0.15, 0.2) is 0 Å². The Morgan fingerprint density at radius 1 is 0.925 bits per heavy atom. The highest BCUT2D eigenvalue weighted by molar-refractivity contribution is 6.02. The fraction of sp³-hybridized carbons (Fsp3) is 0.212. The number of hydrogen-bond donors (Lipinski definition) is 0. The Hall–Kier alpha value is -4.83. The lowest BCUT2D eigenvalue weighted by atomic mass is 10.1. The molecule has 7 heteroatoms. The first-order chi connectivity index (χ1) is 19.4. The first-order valence-electron chi connectivity index (χ1n) is 13.3. The lowest BCUT2D eigenvalue weighted by Crippen LogP contribution is -2.49. The Morgan fingerprint density at radius 3 is 2.25 bits per heavy atom. The van der Waals surface area contributed by atoms with Crippen LogP contribution in [0.1, 0.15) is 22.5 Å². The fourth-order valence-corrected chi connectivity index (χ4v) is 5.04. The molecule has 1 fully saturated rings. The SMILES string of the molecule is Cc1cc(/C=C(/C#N)C(=O)N2CCN(c3ccccc3)CC2)c(C)n1-c1ccc(OCc2ccc(F)cc2)cc1. The zero-order valence-corrected chi connectivity index (χ0v) is 22.7. The number of benzene rings is 3. The van der Waals surface area contributed by atoms with Gasteiger partial charge in [-0.05, 0) is 85.6 Å². The average Bonchev–Trinajstić information content (AvgIpc) is 3.28. The number of piperazine rings is 1. The second-order valence-electron chi connectivity index (χ2n) is 9.86. The van der Waals surface area contributed by atoms with Crippen molar-refractivity contribution < 1.29 is 13.9 Å². The molecule has 1 amide bonds. The smallest absolute Gasteiger partial charge is 0.264 e. The third kappa shape index (κ3) is 5.92. The van der Waals surface area contributed by atoms with Gasteiger partial charge in [0, 0.05) is 48.9 Å². The van der Waals surface area contributed by atoms with Gasteiger partial charge in [-0.3, -0.25) is 4.79 Å². The first kappa shape index (κ1) is 26.8. The number of amides is 1. The summed E-state index contributed by atoms with van der Waals surface area (Å²) in [5.41, 5.74) is 5.88. The summed E-state index contributed by atoms with van der Waals surface area (Å²) in [7, 11) is 0. The van der Waals surface area contributed by atoms with Crippen LogP contribution in [0.4, 0.5) is 10.1 Å². The number of nitriles is 1. The summed E-state index contributed by atoms with van der Waals surface area (Å²) in [6.45, 7) is 6.93. The van der Waals surface area contributed by atoms with Crippen molar-refractivity contribution in [2.45, 2.75) is 20.5 Å². The van der Waals surface area contributed by atoms with E-state index in [1.165, 1.54) is 12.1 Å². The van der Waals surface area contributed by atoms with E-state index in [9.17, 15) is 14.4 Å². The van der Waals surface area contributed by atoms with Gasteiger partial charge in [-0.15, -0.1) is 0 Å². The number of para-hydroxylation sites is 1. The molecule has 5 rings (SSSR count). The highest BCUT2D eigenvalue weighted by Gasteiger charge is 2.24. The Morgan fingerprint density at radius 2 is 1.60 bits per heavy atom. The van der Waals surface area contributed by atoms with Crippen molar-refractivity contribution in [2.75, 3.05) is 31.1 Å². The molecule has 0 saturated carbocycles. The van der Waals surface area contributed by atoms with E-state index in [0.29, 0.717) is 25.4 Å². The zero-order valence-electron chi connectivity index (χ0n) is 22.7. The fourth-order valence-electron chi connectivity index (χ4n) is 5.04. The summed E-state index contributed by atoms with van der Waals surface area (Å²) in [5, 5.41) is 9.86. The summed E-state index contributed by atoms with van der Waals surface area (Å²) in [6.07, 6.45) is 1.70. The minimum absolute atomic E-state index is 0.137. The Balaban J connectivity index is 1.27. The summed E-state index contributed by atoms with van der Waals surface area (Å²) < 4.78 is 21.1. The summed E-state index contributed by atoms with van der Waals surface area (Å²) >= 11 is 0. The van der Waals surface area contributed by atoms with Crippen LogP contribution < -0.4 is 9.64 Å². The minimum Gasteiger partial charge on any atom is -0.489 e. The number of anilines is 1. The Bertz CT molecular complexity index is 1540. The van der Waals surface area contributed by atoms with Crippen molar-refractivity contribution in [3.05, 3.63) is 119 Å². The van der Waals surface area contributed by atoms with Crippen molar-refractivity contribution in [3.63, 3.8) is 0 Å². The van der Waals surface area contributed by atoms with Crippen molar-refractivity contribution in [1.29, 1.82) is 5.26 Å². The molecular formula is C33H31FN4O2. The normalized spacial score (nSPS) is 13.7. The number of carbonyl (C=O) groups is 1. The first-order valence-corrected chi connectivity index (χ1v) is 13.3. The lowest BCUT2D eigenvalue weighted by Gasteiger charge is -2.36. The number of nitrogens with zero attached hydrogens (tertiary/aromatic N) is 4. The second-order valence-corrected chi connectivity index (χ2v) is 9.86. The molecule has 0 atom stereocenters. The molecule has 4 aromatic rings. The Kier molecular flexibility index (Phi) is 7.97. The monoisotopic (exact) mass is 534 g/mol. The molecule has 0 bridgehead atoms. The predicted molar refractivity (Wildman–Crippen MR) is 155 cm³/mol. The van der Waals surface area contributed by atoms with Gasteiger partial charge in [-0.25, -0.2) is 4.39 Å². The van der Waals surface area contributed by atoms with Gasteiger partial charge in [0.05, 0.1) is 0 Å². The van der Waals surface area contributed by atoms with Gasteiger partial charge in [0.1, 0.15) is 29.8 Å². The molecular weight excluding hydrogens is 503 g/mol. The van der Waals surface area contributed by atoms with Gasteiger partial charge in [0.2, 0.25) is 0 Å². The highest BCUT2D eigenvalue weighted by atomic mass is 19.1.